The molecule has 21 heavy (non-hydrogen) atoms. The summed E-state index contributed by atoms with van der Waals surface area (Å²) < 4.78 is 13.8. The Hall–Kier alpha value is -1.66. The van der Waals surface area contributed by atoms with Crippen molar-refractivity contribution in [2.75, 3.05) is 26.2 Å². The highest BCUT2D eigenvalue weighted by Crippen LogP contribution is 2.24. The second-order valence-electron chi connectivity index (χ2n) is 5.75. The molecule has 2 saturated heterocycles. The molecule has 5 nitrogen and oxygen atoms in total. The lowest BCUT2D eigenvalue weighted by Gasteiger charge is -2.25. The van der Waals surface area contributed by atoms with Crippen LogP contribution in [0.1, 0.15) is 23.2 Å². The number of hydrogen-bond donors (Lipinski definition) is 2. The Kier molecular flexibility index (Phi) is 3.82. The molecule has 2 heterocycles. The van der Waals surface area contributed by atoms with Crippen LogP contribution >= 0.6 is 0 Å². The van der Waals surface area contributed by atoms with Crippen molar-refractivity contribution in [3.8, 4) is 5.75 Å². The van der Waals surface area contributed by atoms with E-state index in [0.717, 1.165) is 32.0 Å². The number of hydrogen-bond acceptors (Lipinski definition) is 4. The molecule has 0 radical (unpaired) electrons. The molecule has 2 atom stereocenters. The summed E-state index contributed by atoms with van der Waals surface area (Å²) in [7, 11) is 0. The van der Waals surface area contributed by atoms with Crippen LogP contribution in [0.2, 0.25) is 0 Å². The third-order valence-electron chi connectivity index (χ3n) is 4.34. The van der Waals surface area contributed by atoms with Gasteiger partial charge in [0.15, 0.2) is 0 Å². The monoisotopic (exact) mass is 294 g/mol. The zero-order valence-corrected chi connectivity index (χ0v) is 11.7. The summed E-state index contributed by atoms with van der Waals surface area (Å²) in [5.41, 5.74) is -0.0675. The summed E-state index contributed by atoms with van der Waals surface area (Å²) >= 11 is 0. The van der Waals surface area contributed by atoms with E-state index in [-0.39, 0.29) is 23.9 Å². The number of aromatic hydroxyl groups is 1. The van der Waals surface area contributed by atoms with Crippen molar-refractivity contribution in [3.05, 3.63) is 29.6 Å². The number of nitrogens with zero attached hydrogens (tertiary/aromatic N) is 2. The van der Waals surface area contributed by atoms with Crippen LogP contribution in [0.5, 0.6) is 5.75 Å². The number of phenols is 1. The van der Waals surface area contributed by atoms with Crippen molar-refractivity contribution in [2.45, 2.75) is 25.0 Å². The van der Waals surface area contributed by atoms with Crippen LogP contribution in [0.15, 0.2) is 18.2 Å². The molecule has 0 bridgehead atoms. The molecule has 0 aliphatic carbocycles. The van der Waals surface area contributed by atoms with Gasteiger partial charge >= 0.3 is 0 Å². The predicted octanol–water partition coefficient (Wildman–Crippen LogP) is 0.812. The van der Waals surface area contributed by atoms with Gasteiger partial charge in [-0.2, -0.15) is 0 Å². The molecule has 2 N–H and O–H groups in total. The number of amides is 1. The molecule has 0 spiro atoms. The molecule has 0 saturated carbocycles. The first-order valence-electron chi connectivity index (χ1n) is 7.26. The Labute approximate surface area is 122 Å². The van der Waals surface area contributed by atoms with E-state index in [1.807, 2.05) is 0 Å². The van der Waals surface area contributed by atoms with Gasteiger partial charge in [-0.1, -0.05) is 0 Å². The van der Waals surface area contributed by atoms with Gasteiger partial charge in [-0.15, -0.1) is 0 Å². The molecule has 2 aliphatic rings. The minimum Gasteiger partial charge on any atom is -0.508 e. The van der Waals surface area contributed by atoms with Gasteiger partial charge in [0.1, 0.15) is 11.6 Å². The number of β-amino-alcohol motifs (C(OH)–C–C–N with tert-alkyl or cyclic N) is 1. The summed E-state index contributed by atoms with van der Waals surface area (Å²) in [4.78, 5) is 16.0. The molecule has 1 amide bonds. The smallest absolute Gasteiger partial charge is 0.256 e. The normalized spacial score (nSPS) is 26.5. The van der Waals surface area contributed by atoms with Gasteiger partial charge in [0.2, 0.25) is 0 Å². The van der Waals surface area contributed by atoms with Gasteiger partial charge in [-0.25, -0.2) is 4.39 Å². The third kappa shape index (κ3) is 2.73. The Morgan fingerprint density at radius 1 is 1.24 bits per heavy atom. The second kappa shape index (κ2) is 5.61. The molecule has 6 heteroatoms. The number of phenolic OH excluding ortho intramolecular Hbond substituents is 1. The lowest BCUT2D eigenvalue weighted by molar-refractivity contribution is 0.0758. The van der Waals surface area contributed by atoms with Gasteiger partial charge in [0.05, 0.1) is 17.7 Å². The van der Waals surface area contributed by atoms with Crippen LogP contribution in [0.4, 0.5) is 4.39 Å². The summed E-state index contributed by atoms with van der Waals surface area (Å²) in [5.74, 6) is -1.38. The number of carbonyl (C=O) groups is 1. The first-order chi connectivity index (χ1) is 10.1. The summed E-state index contributed by atoms with van der Waals surface area (Å²) in [6.45, 7) is 2.52. The van der Waals surface area contributed by atoms with Gasteiger partial charge in [-0.05, 0) is 38.1 Å². The van der Waals surface area contributed by atoms with Crippen LogP contribution in [0.3, 0.4) is 0 Å². The zero-order chi connectivity index (χ0) is 15.0. The average molecular weight is 294 g/mol. The Balaban J connectivity index is 1.74. The van der Waals surface area contributed by atoms with Crippen LogP contribution < -0.4 is 0 Å². The minimum absolute atomic E-state index is 0.0587. The first kappa shape index (κ1) is 14.3. The van der Waals surface area contributed by atoms with E-state index in [2.05, 4.69) is 4.90 Å². The maximum atomic E-state index is 13.8. The topological polar surface area (TPSA) is 64.0 Å². The first-order valence-corrected chi connectivity index (χ1v) is 7.26. The SMILES string of the molecule is O=C(c1ccc(O)cc1F)N1C[C@H](O)[C@@H](N2CCCC2)C1. The largest absolute Gasteiger partial charge is 0.508 e. The molecule has 114 valence electrons. The fourth-order valence-electron chi connectivity index (χ4n) is 3.22. The van der Waals surface area contributed by atoms with Crippen molar-refractivity contribution in [1.82, 2.24) is 9.80 Å². The third-order valence-corrected chi connectivity index (χ3v) is 4.34. The number of rotatable bonds is 2. The van der Waals surface area contributed by atoms with Crippen molar-refractivity contribution in [2.24, 2.45) is 0 Å². The molecule has 1 aromatic carbocycles. The molecule has 0 unspecified atom stereocenters. The van der Waals surface area contributed by atoms with Crippen LogP contribution in [0.25, 0.3) is 0 Å². The predicted molar refractivity (Wildman–Crippen MR) is 74.6 cm³/mol. The maximum Gasteiger partial charge on any atom is 0.256 e. The molecular formula is C15H19FN2O3. The summed E-state index contributed by atoms with van der Waals surface area (Å²) in [6.07, 6.45) is 1.64. The Bertz CT molecular complexity index is 546. The number of aliphatic hydroxyl groups excluding tert-OH is 1. The minimum atomic E-state index is -0.737. The molecule has 2 aliphatic heterocycles. The lowest BCUT2D eigenvalue weighted by Crippen LogP contribution is -2.41. The van der Waals surface area contributed by atoms with Crippen LogP contribution in [0, 0.1) is 5.82 Å². The van der Waals surface area contributed by atoms with E-state index in [4.69, 9.17) is 0 Å². The van der Waals surface area contributed by atoms with E-state index in [1.54, 1.807) is 0 Å². The highest BCUT2D eigenvalue weighted by Gasteiger charge is 2.39. The van der Waals surface area contributed by atoms with E-state index in [9.17, 15) is 19.4 Å². The quantitative estimate of drug-likeness (QED) is 0.847. The molecule has 1 aromatic rings. The fraction of sp³-hybridized carbons (Fsp3) is 0.533. The average Bonchev–Trinajstić information content (AvgIpc) is 3.07. The molecular weight excluding hydrogens is 275 g/mol. The number of halogens is 1. The second-order valence-corrected chi connectivity index (χ2v) is 5.75. The lowest BCUT2D eigenvalue weighted by atomic mass is 10.2. The highest BCUT2D eigenvalue weighted by atomic mass is 19.1. The fourth-order valence-corrected chi connectivity index (χ4v) is 3.22. The standard InChI is InChI=1S/C15H19FN2O3/c16-12-7-10(19)3-4-11(12)15(21)18-8-13(14(20)9-18)17-5-1-2-6-17/h3-4,7,13-14,19-20H,1-2,5-6,8-9H2/t13-,14-/m0/s1. The molecule has 0 aromatic heterocycles. The Morgan fingerprint density at radius 3 is 2.62 bits per heavy atom. The highest BCUT2D eigenvalue weighted by molar-refractivity contribution is 5.95. The van der Waals surface area contributed by atoms with Crippen LogP contribution in [-0.4, -0.2) is 64.2 Å². The van der Waals surface area contributed by atoms with Gasteiger partial charge in [0.25, 0.3) is 5.91 Å². The van der Waals surface area contributed by atoms with Gasteiger partial charge < -0.3 is 15.1 Å². The Morgan fingerprint density at radius 2 is 1.95 bits per heavy atom. The summed E-state index contributed by atoms with van der Waals surface area (Å²) in [6, 6.07) is 3.44. The van der Waals surface area contributed by atoms with E-state index >= 15 is 0 Å². The van der Waals surface area contributed by atoms with Crippen molar-refractivity contribution in [3.63, 3.8) is 0 Å². The van der Waals surface area contributed by atoms with E-state index < -0.39 is 17.8 Å². The van der Waals surface area contributed by atoms with Gasteiger partial charge in [-0.3, -0.25) is 9.69 Å². The summed E-state index contributed by atoms with van der Waals surface area (Å²) in [5, 5.41) is 19.4. The van der Waals surface area contributed by atoms with Gasteiger partial charge in [0, 0.05) is 19.2 Å². The maximum absolute atomic E-state index is 13.8. The number of benzene rings is 1. The van der Waals surface area contributed by atoms with Crippen molar-refractivity contribution >= 4 is 5.91 Å². The van der Waals surface area contributed by atoms with E-state index in [1.165, 1.54) is 17.0 Å². The number of likely N-dealkylation sites (tertiary alicyclic amines) is 2. The molecule has 2 fully saturated rings. The van der Waals surface area contributed by atoms with Crippen molar-refractivity contribution in [1.29, 1.82) is 0 Å². The number of aliphatic hydroxyl groups is 1. The molecule has 3 rings (SSSR count). The van der Waals surface area contributed by atoms with Crippen molar-refractivity contribution < 1.29 is 19.4 Å². The van der Waals surface area contributed by atoms with E-state index in [0.29, 0.717) is 6.54 Å². The van der Waals surface area contributed by atoms with Crippen LogP contribution in [-0.2, 0) is 0 Å². The zero-order valence-electron chi connectivity index (χ0n) is 11.7. The number of carbonyl (C=O) groups excluding carboxylic acids is 1.